The lowest BCUT2D eigenvalue weighted by atomic mass is 10.1. The number of carbonyl (C=O) groups excluding carboxylic acids is 1. The van der Waals surface area contributed by atoms with E-state index >= 15 is 0 Å². The molecule has 4 rings (SSSR count). The maximum atomic E-state index is 12.6. The zero-order chi connectivity index (χ0) is 20.9. The Labute approximate surface area is 201 Å². The maximum Gasteiger partial charge on any atom is 0.251 e. The second kappa shape index (κ2) is 11.2. The van der Waals surface area contributed by atoms with E-state index < -0.39 is 0 Å². The number of H-pyrrole nitrogens is 1. The molecule has 8 heteroatoms. The van der Waals surface area contributed by atoms with Crippen LogP contribution < -0.4 is 5.32 Å². The summed E-state index contributed by atoms with van der Waals surface area (Å²) in [6.45, 7) is 9.54. The van der Waals surface area contributed by atoms with E-state index in [1.54, 1.807) is 0 Å². The van der Waals surface area contributed by atoms with Crippen LogP contribution in [0.3, 0.4) is 0 Å². The first kappa shape index (κ1) is 23.8. The Morgan fingerprint density at radius 2 is 2.03 bits per heavy atom. The zero-order valence-corrected chi connectivity index (χ0v) is 20.9. The number of aryl methyl sites for hydroxylation is 1. The van der Waals surface area contributed by atoms with Crippen LogP contribution in [-0.4, -0.2) is 78.6 Å². The molecule has 0 spiro atoms. The minimum atomic E-state index is -0.224. The molecule has 31 heavy (non-hydrogen) atoms. The average Bonchev–Trinajstić information content (AvgIpc) is 3.43. The van der Waals surface area contributed by atoms with E-state index in [0.717, 1.165) is 64.5 Å². The first-order chi connectivity index (χ1) is 14.7. The van der Waals surface area contributed by atoms with Gasteiger partial charge in [0.1, 0.15) is 6.10 Å². The van der Waals surface area contributed by atoms with Gasteiger partial charge in [-0.25, -0.2) is 0 Å². The Hall–Kier alpha value is -1.81. The van der Waals surface area contributed by atoms with Crippen molar-refractivity contribution in [3.05, 3.63) is 35.5 Å². The molecule has 2 aromatic rings. The van der Waals surface area contributed by atoms with Crippen LogP contribution in [0.25, 0.3) is 10.9 Å². The van der Waals surface area contributed by atoms with Gasteiger partial charge in [0.25, 0.3) is 5.91 Å². The van der Waals surface area contributed by atoms with Gasteiger partial charge in [-0.15, -0.1) is 24.0 Å². The summed E-state index contributed by atoms with van der Waals surface area (Å²) < 4.78 is 5.56. The summed E-state index contributed by atoms with van der Waals surface area (Å²) in [4.78, 5) is 25.0. The molecule has 2 aliphatic rings. The van der Waals surface area contributed by atoms with Crippen molar-refractivity contribution < 1.29 is 9.53 Å². The van der Waals surface area contributed by atoms with Crippen LogP contribution in [0.15, 0.2) is 29.4 Å². The number of nitrogens with zero attached hydrogens (tertiary/aromatic N) is 3. The smallest absolute Gasteiger partial charge is 0.251 e. The van der Waals surface area contributed by atoms with Gasteiger partial charge in [0, 0.05) is 63.0 Å². The first-order valence-corrected chi connectivity index (χ1v) is 11.2. The Morgan fingerprint density at radius 1 is 1.26 bits per heavy atom. The van der Waals surface area contributed by atoms with Crippen molar-refractivity contribution in [3.63, 3.8) is 0 Å². The number of hydrogen-bond donors (Lipinski definition) is 2. The van der Waals surface area contributed by atoms with Crippen molar-refractivity contribution in [3.8, 4) is 0 Å². The summed E-state index contributed by atoms with van der Waals surface area (Å²) in [6.07, 6.45) is 4.62. The number of carbonyl (C=O) groups is 1. The van der Waals surface area contributed by atoms with E-state index in [4.69, 9.17) is 9.73 Å². The molecule has 2 fully saturated rings. The van der Waals surface area contributed by atoms with Gasteiger partial charge in [0.2, 0.25) is 0 Å². The third-order valence-electron chi connectivity index (χ3n) is 6.00. The number of aliphatic imine (C=N–C) groups is 1. The van der Waals surface area contributed by atoms with Crippen LogP contribution >= 0.6 is 24.0 Å². The molecule has 170 valence electrons. The van der Waals surface area contributed by atoms with Gasteiger partial charge in [0.15, 0.2) is 5.96 Å². The Morgan fingerprint density at radius 3 is 2.74 bits per heavy atom. The van der Waals surface area contributed by atoms with Crippen molar-refractivity contribution in [2.45, 2.75) is 39.2 Å². The third kappa shape index (κ3) is 5.71. The molecule has 0 saturated carbocycles. The van der Waals surface area contributed by atoms with E-state index in [0.29, 0.717) is 6.61 Å². The molecule has 2 aliphatic heterocycles. The Balaban J connectivity index is 0.00000272. The SMILES string of the molecule is CCNC(=NCCc1c[nH]c2cc(C)ccc12)N1CCN(C(=O)C2CCCO2)CC1.I. The van der Waals surface area contributed by atoms with Crippen LogP contribution in [-0.2, 0) is 16.0 Å². The monoisotopic (exact) mass is 539 g/mol. The molecule has 1 atom stereocenters. The van der Waals surface area contributed by atoms with Gasteiger partial charge in [-0.05, 0) is 50.3 Å². The van der Waals surface area contributed by atoms with Gasteiger partial charge >= 0.3 is 0 Å². The molecule has 1 unspecified atom stereocenters. The normalized spacial score (nSPS) is 19.5. The maximum absolute atomic E-state index is 12.6. The highest BCUT2D eigenvalue weighted by Gasteiger charge is 2.30. The lowest BCUT2D eigenvalue weighted by molar-refractivity contribution is -0.142. The molecule has 1 amide bonds. The van der Waals surface area contributed by atoms with E-state index in [1.807, 2.05) is 4.90 Å². The summed E-state index contributed by atoms with van der Waals surface area (Å²) >= 11 is 0. The number of rotatable bonds is 5. The summed E-state index contributed by atoms with van der Waals surface area (Å²) in [5, 5.41) is 4.70. The number of amides is 1. The van der Waals surface area contributed by atoms with Crippen molar-refractivity contribution >= 4 is 46.7 Å². The van der Waals surface area contributed by atoms with Gasteiger partial charge in [-0.3, -0.25) is 9.79 Å². The standard InChI is InChI=1S/C23H33N5O2.HI/c1-3-24-23(25-9-8-18-16-26-20-15-17(2)6-7-19(18)20)28-12-10-27(11-13-28)22(29)21-5-4-14-30-21;/h6-7,15-16,21,26H,3-5,8-14H2,1-2H3,(H,24,25);1H. The average molecular weight is 539 g/mol. The molecule has 2 N–H and O–H groups in total. The Bertz CT molecular complexity index is 899. The lowest BCUT2D eigenvalue weighted by Gasteiger charge is -2.37. The summed E-state index contributed by atoms with van der Waals surface area (Å²) in [6, 6.07) is 6.53. The molecule has 0 aliphatic carbocycles. The minimum absolute atomic E-state index is 0. The van der Waals surface area contributed by atoms with Crippen LogP contribution in [0.1, 0.15) is 30.9 Å². The fraction of sp³-hybridized carbons (Fsp3) is 0.565. The van der Waals surface area contributed by atoms with E-state index in [9.17, 15) is 4.79 Å². The minimum Gasteiger partial charge on any atom is -0.368 e. The molecule has 0 bridgehead atoms. The predicted octanol–water partition coefficient (Wildman–Crippen LogP) is 2.93. The fourth-order valence-electron chi connectivity index (χ4n) is 4.33. The van der Waals surface area contributed by atoms with Crippen LogP contribution in [0.2, 0.25) is 0 Å². The van der Waals surface area contributed by atoms with Gasteiger partial charge < -0.3 is 24.8 Å². The topological polar surface area (TPSA) is 73.0 Å². The number of guanidine groups is 1. The molecule has 3 heterocycles. The number of hydrogen-bond acceptors (Lipinski definition) is 3. The summed E-state index contributed by atoms with van der Waals surface area (Å²) in [5.41, 5.74) is 3.75. The largest absolute Gasteiger partial charge is 0.368 e. The number of benzene rings is 1. The summed E-state index contributed by atoms with van der Waals surface area (Å²) in [7, 11) is 0. The Kier molecular flexibility index (Phi) is 8.59. The van der Waals surface area contributed by atoms with Crippen LogP contribution in [0, 0.1) is 6.92 Å². The van der Waals surface area contributed by atoms with Crippen molar-refractivity contribution in [1.29, 1.82) is 0 Å². The number of fused-ring (bicyclic) bond motifs is 1. The second-order valence-corrected chi connectivity index (χ2v) is 8.16. The number of nitrogens with one attached hydrogen (secondary N) is 2. The highest BCUT2D eigenvalue weighted by molar-refractivity contribution is 14.0. The third-order valence-corrected chi connectivity index (χ3v) is 6.00. The zero-order valence-electron chi connectivity index (χ0n) is 18.5. The van der Waals surface area contributed by atoms with Gasteiger partial charge in [-0.2, -0.15) is 0 Å². The number of aromatic amines is 1. The predicted molar refractivity (Wildman–Crippen MR) is 135 cm³/mol. The molecule has 1 aromatic carbocycles. The molecular formula is C23H34IN5O2. The van der Waals surface area contributed by atoms with Crippen LogP contribution in [0.5, 0.6) is 0 Å². The van der Waals surface area contributed by atoms with E-state index in [1.165, 1.54) is 22.0 Å². The molecule has 0 radical (unpaired) electrons. The van der Waals surface area contributed by atoms with Gasteiger partial charge in [-0.1, -0.05) is 12.1 Å². The first-order valence-electron chi connectivity index (χ1n) is 11.2. The van der Waals surface area contributed by atoms with Crippen molar-refractivity contribution in [2.75, 3.05) is 45.9 Å². The highest BCUT2D eigenvalue weighted by Crippen LogP contribution is 2.20. The molecule has 2 saturated heterocycles. The fourth-order valence-corrected chi connectivity index (χ4v) is 4.33. The quantitative estimate of drug-likeness (QED) is 0.348. The van der Waals surface area contributed by atoms with Crippen LogP contribution in [0.4, 0.5) is 0 Å². The highest BCUT2D eigenvalue weighted by atomic mass is 127. The molecule has 7 nitrogen and oxygen atoms in total. The van der Waals surface area contributed by atoms with Crippen molar-refractivity contribution in [1.82, 2.24) is 20.1 Å². The van der Waals surface area contributed by atoms with Gasteiger partial charge in [0.05, 0.1) is 0 Å². The van der Waals surface area contributed by atoms with E-state index in [2.05, 4.69) is 53.4 Å². The molecular weight excluding hydrogens is 505 g/mol. The number of aromatic nitrogens is 1. The van der Waals surface area contributed by atoms with E-state index in [-0.39, 0.29) is 36.0 Å². The number of piperazine rings is 1. The number of halogens is 1. The number of ether oxygens (including phenoxy) is 1. The molecule has 1 aromatic heterocycles. The summed E-state index contributed by atoms with van der Waals surface area (Å²) in [5.74, 6) is 1.10. The lowest BCUT2D eigenvalue weighted by Crippen LogP contribution is -2.55. The second-order valence-electron chi connectivity index (χ2n) is 8.16. The van der Waals surface area contributed by atoms with Crippen molar-refractivity contribution in [2.24, 2.45) is 4.99 Å².